The molecule has 0 radical (unpaired) electrons. The normalized spacial score (nSPS) is 18.0. The maximum atomic E-state index is 12.9. The quantitative estimate of drug-likeness (QED) is 0.735. The lowest BCUT2D eigenvalue weighted by atomic mass is 9.95. The van der Waals surface area contributed by atoms with Gasteiger partial charge in [0.15, 0.2) is 0 Å². The summed E-state index contributed by atoms with van der Waals surface area (Å²) in [6, 6.07) is 7.07. The van der Waals surface area contributed by atoms with Gasteiger partial charge in [0, 0.05) is 50.7 Å². The molecule has 0 aliphatic carbocycles. The van der Waals surface area contributed by atoms with Crippen LogP contribution in [0, 0.1) is 5.92 Å². The molecule has 3 rings (SSSR count). The molecule has 0 N–H and O–H groups in total. The monoisotopic (exact) mass is 431 g/mol. The molecule has 0 atom stereocenters. The van der Waals surface area contributed by atoms with Crippen molar-refractivity contribution in [2.24, 2.45) is 5.92 Å². The van der Waals surface area contributed by atoms with Crippen LogP contribution in [0.3, 0.4) is 0 Å². The summed E-state index contributed by atoms with van der Waals surface area (Å²) in [5.74, 6) is 0.730. The largest absolute Gasteiger partial charge is 0.497 e. The standard InChI is InChI=1S/C23H33N3O5/c1-23(2,3)31-22(29)26-11-9-18(10-12-26)21(28)25-15-13-24(14-16-25)20(27)17-5-7-19(30-4)8-6-17/h5-8,18H,9-16H2,1-4H3. The lowest BCUT2D eigenvalue weighted by Gasteiger charge is -2.38. The highest BCUT2D eigenvalue weighted by atomic mass is 16.6. The first-order chi connectivity index (χ1) is 14.7. The van der Waals surface area contributed by atoms with Gasteiger partial charge in [0.25, 0.3) is 5.91 Å². The van der Waals surface area contributed by atoms with Gasteiger partial charge in [-0.3, -0.25) is 9.59 Å². The zero-order valence-electron chi connectivity index (χ0n) is 18.9. The summed E-state index contributed by atoms with van der Waals surface area (Å²) in [5, 5.41) is 0. The zero-order valence-corrected chi connectivity index (χ0v) is 18.9. The Labute approximate surface area is 184 Å². The fourth-order valence-corrected chi connectivity index (χ4v) is 3.94. The minimum Gasteiger partial charge on any atom is -0.497 e. The number of ether oxygens (including phenoxy) is 2. The van der Waals surface area contributed by atoms with E-state index in [0.717, 1.165) is 0 Å². The van der Waals surface area contributed by atoms with E-state index in [1.165, 1.54) is 0 Å². The number of carbonyl (C=O) groups excluding carboxylic acids is 3. The molecule has 1 aromatic rings. The highest BCUT2D eigenvalue weighted by Crippen LogP contribution is 2.23. The Balaban J connectivity index is 1.46. The number of hydrogen-bond donors (Lipinski definition) is 0. The first-order valence-corrected chi connectivity index (χ1v) is 10.9. The first kappa shape index (κ1) is 22.9. The zero-order chi connectivity index (χ0) is 22.6. The van der Waals surface area contributed by atoms with E-state index in [0.29, 0.717) is 63.4 Å². The first-order valence-electron chi connectivity index (χ1n) is 10.9. The SMILES string of the molecule is COc1ccc(C(=O)N2CCN(C(=O)C3CCN(C(=O)OC(C)(C)C)CC3)CC2)cc1. The highest BCUT2D eigenvalue weighted by Gasteiger charge is 2.33. The maximum Gasteiger partial charge on any atom is 0.410 e. The summed E-state index contributed by atoms with van der Waals surface area (Å²) in [5.41, 5.74) is 0.0993. The van der Waals surface area contributed by atoms with E-state index in [9.17, 15) is 14.4 Å². The molecule has 0 spiro atoms. The average Bonchev–Trinajstić information content (AvgIpc) is 2.77. The Morgan fingerprint density at radius 2 is 1.39 bits per heavy atom. The predicted octanol–water partition coefficient (Wildman–Crippen LogP) is 2.63. The third kappa shape index (κ3) is 5.89. The van der Waals surface area contributed by atoms with E-state index in [2.05, 4.69) is 0 Å². The number of nitrogens with zero attached hydrogens (tertiary/aromatic N) is 3. The second kappa shape index (κ2) is 9.58. The molecule has 0 saturated carbocycles. The highest BCUT2D eigenvalue weighted by molar-refractivity contribution is 5.94. The summed E-state index contributed by atoms with van der Waals surface area (Å²) in [6.45, 7) is 8.71. The molecule has 0 bridgehead atoms. The van der Waals surface area contributed by atoms with Crippen LogP contribution in [0.1, 0.15) is 44.0 Å². The number of hydrogen-bond acceptors (Lipinski definition) is 5. The Morgan fingerprint density at radius 3 is 1.90 bits per heavy atom. The summed E-state index contributed by atoms with van der Waals surface area (Å²) in [6.07, 6.45) is 0.968. The van der Waals surface area contributed by atoms with E-state index in [1.807, 2.05) is 25.7 Å². The average molecular weight is 432 g/mol. The molecule has 170 valence electrons. The van der Waals surface area contributed by atoms with Gasteiger partial charge in [-0.15, -0.1) is 0 Å². The van der Waals surface area contributed by atoms with Crippen LogP contribution in [0.5, 0.6) is 5.75 Å². The van der Waals surface area contributed by atoms with Crippen molar-refractivity contribution in [2.75, 3.05) is 46.4 Å². The van der Waals surface area contributed by atoms with Crippen molar-refractivity contribution in [3.8, 4) is 5.75 Å². The number of piperidine rings is 1. The van der Waals surface area contributed by atoms with Crippen LogP contribution in [0.4, 0.5) is 4.79 Å². The lowest BCUT2D eigenvalue weighted by molar-refractivity contribution is -0.138. The van der Waals surface area contributed by atoms with Crippen LogP contribution < -0.4 is 4.74 Å². The van der Waals surface area contributed by atoms with Gasteiger partial charge in [0.1, 0.15) is 11.4 Å². The van der Waals surface area contributed by atoms with E-state index in [1.54, 1.807) is 41.2 Å². The molecule has 2 saturated heterocycles. The van der Waals surface area contributed by atoms with Gasteiger partial charge in [-0.1, -0.05) is 0 Å². The molecule has 0 aromatic heterocycles. The molecule has 0 unspecified atom stereocenters. The third-order valence-corrected chi connectivity index (χ3v) is 5.71. The maximum absolute atomic E-state index is 12.9. The van der Waals surface area contributed by atoms with E-state index >= 15 is 0 Å². The fraction of sp³-hybridized carbons (Fsp3) is 0.609. The van der Waals surface area contributed by atoms with Gasteiger partial charge >= 0.3 is 6.09 Å². The summed E-state index contributed by atoms with van der Waals surface area (Å²) < 4.78 is 10.6. The third-order valence-electron chi connectivity index (χ3n) is 5.71. The van der Waals surface area contributed by atoms with Gasteiger partial charge in [0.2, 0.25) is 5.91 Å². The molecule has 1 aromatic carbocycles. The molecule has 2 heterocycles. The smallest absolute Gasteiger partial charge is 0.410 e. The number of rotatable bonds is 3. The van der Waals surface area contributed by atoms with Crippen molar-refractivity contribution in [3.63, 3.8) is 0 Å². The summed E-state index contributed by atoms with van der Waals surface area (Å²) in [4.78, 5) is 43.2. The Hall–Kier alpha value is -2.77. The van der Waals surface area contributed by atoms with E-state index < -0.39 is 5.60 Å². The van der Waals surface area contributed by atoms with Crippen molar-refractivity contribution in [1.82, 2.24) is 14.7 Å². The number of likely N-dealkylation sites (tertiary alicyclic amines) is 1. The number of piperazine rings is 1. The van der Waals surface area contributed by atoms with Gasteiger partial charge in [-0.2, -0.15) is 0 Å². The van der Waals surface area contributed by atoms with Crippen LogP contribution in [0.15, 0.2) is 24.3 Å². The van der Waals surface area contributed by atoms with E-state index in [-0.39, 0.29) is 23.8 Å². The topological polar surface area (TPSA) is 79.4 Å². The van der Waals surface area contributed by atoms with Crippen molar-refractivity contribution in [1.29, 1.82) is 0 Å². The molecule has 8 heteroatoms. The molecular formula is C23H33N3O5. The molecule has 31 heavy (non-hydrogen) atoms. The van der Waals surface area contributed by atoms with Crippen LogP contribution in [-0.4, -0.2) is 84.6 Å². The molecule has 2 fully saturated rings. The molecule has 3 amide bonds. The number of benzene rings is 1. The van der Waals surface area contributed by atoms with Gasteiger partial charge < -0.3 is 24.2 Å². The van der Waals surface area contributed by atoms with Crippen molar-refractivity contribution >= 4 is 17.9 Å². The van der Waals surface area contributed by atoms with Gasteiger partial charge in [-0.25, -0.2) is 4.79 Å². The molecular weight excluding hydrogens is 398 g/mol. The fourth-order valence-electron chi connectivity index (χ4n) is 3.94. The summed E-state index contributed by atoms with van der Waals surface area (Å²) >= 11 is 0. The molecule has 2 aliphatic heterocycles. The predicted molar refractivity (Wildman–Crippen MR) is 116 cm³/mol. The van der Waals surface area contributed by atoms with E-state index in [4.69, 9.17) is 9.47 Å². The van der Waals surface area contributed by atoms with Crippen LogP contribution >= 0.6 is 0 Å². The lowest BCUT2D eigenvalue weighted by Crippen LogP contribution is -2.53. The second-order valence-electron chi connectivity index (χ2n) is 9.09. The van der Waals surface area contributed by atoms with Crippen LogP contribution in [0.25, 0.3) is 0 Å². The number of methoxy groups -OCH3 is 1. The van der Waals surface area contributed by atoms with Crippen molar-refractivity contribution in [2.45, 2.75) is 39.2 Å². The Bertz CT molecular complexity index is 786. The van der Waals surface area contributed by atoms with Crippen LogP contribution in [0.2, 0.25) is 0 Å². The minimum absolute atomic E-state index is 0.0274. The number of amides is 3. The minimum atomic E-state index is -0.521. The molecule has 8 nitrogen and oxygen atoms in total. The van der Waals surface area contributed by atoms with Crippen molar-refractivity contribution in [3.05, 3.63) is 29.8 Å². The van der Waals surface area contributed by atoms with Gasteiger partial charge in [-0.05, 0) is 57.9 Å². The van der Waals surface area contributed by atoms with Crippen molar-refractivity contribution < 1.29 is 23.9 Å². The second-order valence-corrected chi connectivity index (χ2v) is 9.09. The summed E-state index contributed by atoms with van der Waals surface area (Å²) in [7, 11) is 1.59. The number of carbonyl (C=O) groups is 3. The van der Waals surface area contributed by atoms with Crippen LogP contribution in [-0.2, 0) is 9.53 Å². The molecule has 2 aliphatic rings. The Morgan fingerprint density at radius 1 is 0.839 bits per heavy atom. The van der Waals surface area contributed by atoms with Gasteiger partial charge in [0.05, 0.1) is 7.11 Å². The Kier molecular flexibility index (Phi) is 7.08.